The zero-order chi connectivity index (χ0) is 8.27. The third kappa shape index (κ3) is 2.28. The van der Waals surface area contributed by atoms with Crippen LogP contribution >= 0.6 is 12.6 Å². The molecule has 0 saturated carbocycles. The molecule has 0 fully saturated rings. The van der Waals surface area contributed by atoms with Crippen LogP contribution in [0.5, 0.6) is 0 Å². The van der Waals surface area contributed by atoms with Gasteiger partial charge in [0.25, 0.3) is 0 Å². The molecule has 0 aliphatic rings. The van der Waals surface area contributed by atoms with E-state index in [-0.39, 0.29) is 0 Å². The van der Waals surface area contributed by atoms with Crippen molar-refractivity contribution in [3.8, 4) is 0 Å². The predicted molar refractivity (Wildman–Crippen MR) is 53.8 cm³/mol. The van der Waals surface area contributed by atoms with Crippen LogP contribution in [0.1, 0.15) is 0 Å². The van der Waals surface area contributed by atoms with E-state index in [2.05, 4.69) is 25.8 Å². The van der Waals surface area contributed by atoms with Gasteiger partial charge in [-0.15, -0.1) is 12.6 Å². The summed E-state index contributed by atoms with van der Waals surface area (Å²) in [5.41, 5.74) is 0. The summed E-state index contributed by atoms with van der Waals surface area (Å²) in [6.07, 6.45) is 1.89. The molecular weight excluding hydrogens is 152 g/mol. The van der Waals surface area contributed by atoms with Gasteiger partial charge in [0, 0.05) is 0 Å². The van der Waals surface area contributed by atoms with Crippen molar-refractivity contribution < 1.29 is 0 Å². The highest BCUT2D eigenvalue weighted by Crippen LogP contribution is 1.94. The first-order valence-corrected chi connectivity index (χ1v) is 3.78. The topological polar surface area (TPSA) is 0 Å². The molecule has 0 radical (unpaired) electrons. The maximum absolute atomic E-state index is 4.08. The maximum Gasteiger partial charge on any atom is -0.00258 e. The number of rotatable bonds is 1. The molecule has 1 rings (SSSR count). The van der Waals surface area contributed by atoms with E-state index in [1.165, 1.54) is 0 Å². The normalized spacial score (nSPS) is 11.5. The average Bonchev–Trinajstić information content (AvgIpc) is 1.93. The number of thiol groups is 1. The van der Waals surface area contributed by atoms with Gasteiger partial charge in [0.15, 0.2) is 0 Å². The molecule has 0 aromatic heterocycles. The highest BCUT2D eigenvalue weighted by Gasteiger charge is 1.80. The summed E-state index contributed by atoms with van der Waals surface area (Å²) in [6, 6.07) is 7.88. The summed E-state index contributed by atoms with van der Waals surface area (Å²) >= 11 is 4.08. The lowest BCUT2D eigenvalue weighted by Crippen LogP contribution is -2.21. The molecule has 1 heteroatoms. The van der Waals surface area contributed by atoms with E-state index in [1.54, 1.807) is 0 Å². The van der Waals surface area contributed by atoms with Gasteiger partial charge in [0.05, 0.1) is 0 Å². The van der Waals surface area contributed by atoms with Crippen LogP contribution in [0.25, 0.3) is 12.7 Å². The van der Waals surface area contributed by atoms with Crippen LogP contribution in [-0.4, -0.2) is 0 Å². The van der Waals surface area contributed by atoms with E-state index in [9.17, 15) is 0 Å². The van der Waals surface area contributed by atoms with Gasteiger partial charge in [-0.2, -0.15) is 0 Å². The molecule has 1 aromatic carbocycles. The first-order chi connectivity index (χ1) is 5.20. The predicted octanol–water partition coefficient (Wildman–Crippen LogP) is 1.32. The summed E-state index contributed by atoms with van der Waals surface area (Å²) in [4.78, 5) is 0.751. The van der Waals surface area contributed by atoms with Gasteiger partial charge < -0.3 is 0 Å². The maximum atomic E-state index is 4.08. The molecule has 0 N–H and O–H groups in total. The number of hydrogen-bond acceptors (Lipinski definition) is 1. The fourth-order valence-electron chi connectivity index (χ4n) is 0.855. The van der Waals surface area contributed by atoms with Crippen LogP contribution in [0, 0.1) is 0 Å². The van der Waals surface area contributed by atoms with Crippen molar-refractivity contribution in [3.05, 3.63) is 46.2 Å². The van der Waals surface area contributed by atoms with Crippen molar-refractivity contribution in [1.82, 2.24) is 0 Å². The Hall–Kier alpha value is -0.950. The fraction of sp³-hybridized carbons (Fsp3) is 0. The molecule has 0 aliphatic heterocycles. The Balaban J connectivity index is 3.36. The number of benzene rings is 1. The summed E-state index contributed by atoms with van der Waals surface area (Å²) in [5.74, 6) is 0. The monoisotopic (exact) mass is 162 g/mol. The van der Waals surface area contributed by atoms with E-state index in [1.807, 2.05) is 30.3 Å². The van der Waals surface area contributed by atoms with Crippen molar-refractivity contribution in [2.75, 3.05) is 0 Å². The van der Waals surface area contributed by atoms with E-state index in [0.29, 0.717) is 0 Å². The molecule has 0 spiro atoms. The van der Waals surface area contributed by atoms with Crippen molar-refractivity contribution in [3.63, 3.8) is 0 Å². The van der Waals surface area contributed by atoms with Crippen LogP contribution in [-0.2, 0) is 0 Å². The van der Waals surface area contributed by atoms with E-state index in [4.69, 9.17) is 0 Å². The summed E-state index contributed by atoms with van der Waals surface area (Å²) in [7, 11) is 0. The molecular formula is C10H10S. The van der Waals surface area contributed by atoms with Gasteiger partial charge in [-0.25, -0.2) is 0 Å². The van der Waals surface area contributed by atoms with Crippen LogP contribution in [0.2, 0.25) is 0 Å². The first kappa shape index (κ1) is 8.15. The first-order valence-electron chi connectivity index (χ1n) is 3.34. The Morgan fingerprint density at radius 3 is 2.55 bits per heavy atom. The molecule has 56 valence electrons. The molecule has 0 heterocycles. The molecule has 1 aromatic rings. The van der Waals surface area contributed by atoms with Crippen LogP contribution in [0.3, 0.4) is 0 Å². The molecule has 0 atom stereocenters. The second-order valence-corrected chi connectivity index (χ2v) is 2.91. The minimum absolute atomic E-state index is 0.751. The Morgan fingerprint density at radius 2 is 2.00 bits per heavy atom. The van der Waals surface area contributed by atoms with E-state index in [0.717, 1.165) is 15.3 Å². The van der Waals surface area contributed by atoms with Crippen molar-refractivity contribution >= 4 is 25.3 Å². The lowest BCUT2D eigenvalue weighted by Gasteiger charge is -1.87. The average molecular weight is 162 g/mol. The summed E-state index contributed by atoms with van der Waals surface area (Å²) in [5, 5.41) is 2.08. The molecule has 0 amide bonds. The standard InChI is InChI=1S/C10H10S/c1-8-5-3-4-6-10(8)7-9(2)11/h3-7,11H,1-2H2/b10-7-. The van der Waals surface area contributed by atoms with Crippen molar-refractivity contribution in [2.24, 2.45) is 0 Å². The van der Waals surface area contributed by atoms with Crippen LogP contribution in [0.4, 0.5) is 0 Å². The Labute approximate surface area is 72.0 Å². The van der Waals surface area contributed by atoms with Gasteiger partial charge in [-0.1, -0.05) is 37.4 Å². The van der Waals surface area contributed by atoms with Gasteiger partial charge in [-0.3, -0.25) is 0 Å². The smallest absolute Gasteiger partial charge is 0.00258 e. The third-order valence-corrected chi connectivity index (χ3v) is 1.51. The number of hydrogen-bond donors (Lipinski definition) is 1. The molecule has 11 heavy (non-hydrogen) atoms. The van der Waals surface area contributed by atoms with Gasteiger partial charge in [0.2, 0.25) is 0 Å². The van der Waals surface area contributed by atoms with Crippen LogP contribution < -0.4 is 10.4 Å². The van der Waals surface area contributed by atoms with Crippen molar-refractivity contribution in [1.29, 1.82) is 0 Å². The lowest BCUT2D eigenvalue weighted by molar-refractivity contribution is 1.53. The minimum Gasteiger partial charge on any atom is -0.144 e. The zero-order valence-electron chi connectivity index (χ0n) is 6.25. The van der Waals surface area contributed by atoms with Crippen LogP contribution in [0.15, 0.2) is 35.7 Å². The van der Waals surface area contributed by atoms with Gasteiger partial charge >= 0.3 is 0 Å². The highest BCUT2D eigenvalue weighted by molar-refractivity contribution is 7.85. The molecule has 0 nitrogen and oxygen atoms in total. The quantitative estimate of drug-likeness (QED) is 0.592. The summed E-state index contributed by atoms with van der Waals surface area (Å²) in [6.45, 7) is 7.54. The largest absolute Gasteiger partial charge is 0.144 e. The molecule has 0 unspecified atom stereocenters. The minimum atomic E-state index is 0.751. The second-order valence-electron chi connectivity index (χ2n) is 2.33. The van der Waals surface area contributed by atoms with E-state index >= 15 is 0 Å². The lowest BCUT2D eigenvalue weighted by atomic mass is 10.2. The molecule has 0 bridgehead atoms. The highest BCUT2D eigenvalue weighted by atomic mass is 32.1. The third-order valence-electron chi connectivity index (χ3n) is 1.38. The Bertz CT molecular complexity index is 363. The Kier molecular flexibility index (Phi) is 2.55. The number of allylic oxidation sites excluding steroid dienone is 1. The SMILES string of the molecule is C=C(S)/C=c1/ccccc1=C. The summed E-state index contributed by atoms with van der Waals surface area (Å²) < 4.78 is 0. The molecule has 0 saturated heterocycles. The van der Waals surface area contributed by atoms with E-state index < -0.39 is 0 Å². The van der Waals surface area contributed by atoms with Gasteiger partial charge in [-0.05, 0) is 21.4 Å². The van der Waals surface area contributed by atoms with Crippen molar-refractivity contribution in [2.45, 2.75) is 0 Å². The zero-order valence-corrected chi connectivity index (χ0v) is 7.14. The Morgan fingerprint density at radius 1 is 1.36 bits per heavy atom. The fourth-order valence-corrected chi connectivity index (χ4v) is 0.994. The van der Waals surface area contributed by atoms with Gasteiger partial charge in [0.1, 0.15) is 0 Å². The second kappa shape index (κ2) is 3.44. The molecule has 0 aliphatic carbocycles.